The minimum atomic E-state index is 0.620. The Morgan fingerprint density at radius 3 is 3.23 bits per heavy atom. The van der Waals surface area contributed by atoms with Gasteiger partial charge in [-0.05, 0) is 32.5 Å². The molecule has 2 heterocycles. The van der Waals surface area contributed by atoms with Crippen molar-refractivity contribution in [2.75, 3.05) is 25.5 Å². The average Bonchev–Trinajstić information content (AvgIpc) is 2.57. The molecule has 13 heavy (non-hydrogen) atoms. The summed E-state index contributed by atoms with van der Waals surface area (Å²) in [7, 11) is 2.19. The molecule has 3 nitrogen and oxygen atoms in total. The minimum absolute atomic E-state index is 0.620. The highest BCUT2D eigenvalue weighted by molar-refractivity contribution is 5.41. The van der Waals surface area contributed by atoms with E-state index in [1.807, 2.05) is 12.4 Å². The number of piperidine rings is 1. The summed E-state index contributed by atoms with van der Waals surface area (Å²) in [6.45, 7) is 2.40. The van der Waals surface area contributed by atoms with E-state index in [4.69, 9.17) is 0 Å². The van der Waals surface area contributed by atoms with Crippen LogP contribution in [0.5, 0.6) is 0 Å². The highest BCUT2D eigenvalue weighted by Gasteiger charge is 2.16. The van der Waals surface area contributed by atoms with Crippen LogP contribution in [-0.2, 0) is 0 Å². The standard InChI is InChI=1S/C10H17N3/c1-13-6-2-3-10(8-13)12-9-4-5-11-7-9/h4-5,7,10-12H,2-3,6,8H2,1H3. The molecule has 1 atom stereocenters. The largest absolute Gasteiger partial charge is 0.380 e. The van der Waals surface area contributed by atoms with Crippen molar-refractivity contribution in [3.8, 4) is 0 Å². The van der Waals surface area contributed by atoms with Crippen LogP contribution in [-0.4, -0.2) is 36.1 Å². The first-order valence-electron chi connectivity index (χ1n) is 4.92. The number of aromatic amines is 1. The molecule has 2 N–H and O–H groups in total. The minimum Gasteiger partial charge on any atom is -0.380 e. The van der Waals surface area contributed by atoms with Gasteiger partial charge in [0.15, 0.2) is 0 Å². The van der Waals surface area contributed by atoms with Crippen molar-refractivity contribution in [3.63, 3.8) is 0 Å². The van der Waals surface area contributed by atoms with Gasteiger partial charge < -0.3 is 15.2 Å². The summed E-state index contributed by atoms with van der Waals surface area (Å²) in [6.07, 6.45) is 6.55. The van der Waals surface area contributed by atoms with Gasteiger partial charge in [0, 0.05) is 25.0 Å². The first-order chi connectivity index (χ1) is 6.34. The maximum Gasteiger partial charge on any atom is 0.0520 e. The van der Waals surface area contributed by atoms with Crippen LogP contribution in [0.15, 0.2) is 18.5 Å². The molecule has 0 bridgehead atoms. The van der Waals surface area contributed by atoms with Gasteiger partial charge in [-0.15, -0.1) is 0 Å². The summed E-state index contributed by atoms with van der Waals surface area (Å²) in [5.74, 6) is 0. The normalized spacial score (nSPS) is 24.5. The number of hydrogen-bond acceptors (Lipinski definition) is 2. The third-order valence-corrected chi connectivity index (χ3v) is 2.59. The Hall–Kier alpha value is -0.960. The molecule has 1 aromatic heterocycles. The zero-order valence-electron chi connectivity index (χ0n) is 8.09. The van der Waals surface area contributed by atoms with Crippen LogP contribution in [0.4, 0.5) is 5.69 Å². The number of aromatic nitrogens is 1. The van der Waals surface area contributed by atoms with E-state index in [9.17, 15) is 0 Å². The summed E-state index contributed by atoms with van der Waals surface area (Å²) in [6, 6.07) is 2.70. The quantitative estimate of drug-likeness (QED) is 0.721. The molecule has 0 amide bonds. The van der Waals surface area contributed by atoms with Crippen molar-refractivity contribution in [2.24, 2.45) is 0 Å². The summed E-state index contributed by atoms with van der Waals surface area (Å²) >= 11 is 0. The maximum absolute atomic E-state index is 3.52. The Morgan fingerprint density at radius 1 is 1.62 bits per heavy atom. The molecule has 0 spiro atoms. The molecule has 3 heteroatoms. The van der Waals surface area contributed by atoms with Crippen LogP contribution in [0.25, 0.3) is 0 Å². The third kappa shape index (κ3) is 2.25. The van der Waals surface area contributed by atoms with E-state index in [-0.39, 0.29) is 0 Å². The predicted molar refractivity (Wildman–Crippen MR) is 54.9 cm³/mol. The molecule has 1 unspecified atom stereocenters. The molecule has 0 aromatic carbocycles. The van der Waals surface area contributed by atoms with Crippen molar-refractivity contribution in [3.05, 3.63) is 18.5 Å². The molecule has 0 radical (unpaired) electrons. The molecule has 2 rings (SSSR count). The van der Waals surface area contributed by atoms with Crippen LogP contribution in [0.2, 0.25) is 0 Å². The molecule has 1 fully saturated rings. The smallest absolute Gasteiger partial charge is 0.0520 e. The highest BCUT2D eigenvalue weighted by atomic mass is 15.1. The molecule has 72 valence electrons. The van der Waals surface area contributed by atoms with Gasteiger partial charge in [-0.1, -0.05) is 0 Å². The van der Waals surface area contributed by atoms with Crippen LogP contribution in [0, 0.1) is 0 Å². The Bertz CT molecular complexity index is 243. The zero-order valence-corrected chi connectivity index (χ0v) is 8.09. The zero-order chi connectivity index (χ0) is 9.10. The number of nitrogens with one attached hydrogen (secondary N) is 2. The lowest BCUT2D eigenvalue weighted by Gasteiger charge is -2.30. The van der Waals surface area contributed by atoms with Crippen molar-refractivity contribution in [1.29, 1.82) is 0 Å². The van der Waals surface area contributed by atoms with Gasteiger partial charge in [-0.25, -0.2) is 0 Å². The average molecular weight is 179 g/mol. The van der Waals surface area contributed by atoms with Crippen LogP contribution >= 0.6 is 0 Å². The van der Waals surface area contributed by atoms with Crippen molar-refractivity contribution in [1.82, 2.24) is 9.88 Å². The van der Waals surface area contributed by atoms with E-state index < -0.39 is 0 Å². The number of anilines is 1. The molecular weight excluding hydrogens is 162 g/mol. The number of rotatable bonds is 2. The molecule has 0 aliphatic carbocycles. The lowest BCUT2D eigenvalue weighted by molar-refractivity contribution is 0.261. The van der Waals surface area contributed by atoms with Crippen molar-refractivity contribution < 1.29 is 0 Å². The van der Waals surface area contributed by atoms with E-state index in [0.29, 0.717) is 6.04 Å². The number of nitrogens with zero attached hydrogens (tertiary/aromatic N) is 1. The van der Waals surface area contributed by atoms with Gasteiger partial charge in [-0.3, -0.25) is 0 Å². The van der Waals surface area contributed by atoms with Gasteiger partial charge in [0.05, 0.1) is 5.69 Å². The summed E-state index contributed by atoms with van der Waals surface area (Å²) in [4.78, 5) is 5.44. The molecule has 1 saturated heterocycles. The predicted octanol–water partition coefficient (Wildman–Crippen LogP) is 1.52. The van der Waals surface area contributed by atoms with Gasteiger partial charge in [0.2, 0.25) is 0 Å². The lowest BCUT2D eigenvalue weighted by atomic mass is 10.1. The van der Waals surface area contributed by atoms with E-state index in [0.717, 1.165) is 6.54 Å². The number of likely N-dealkylation sites (N-methyl/N-ethyl adjacent to an activating group) is 1. The topological polar surface area (TPSA) is 31.1 Å². The summed E-state index contributed by atoms with van der Waals surface area (Å²) in [5, 5.41) is 3.52. The second kappa shape index (κ2) is 3.83. The van der Waals surface area contributed by atoms with E-state index >= 15 is 0 Å². The Morgan fingerprint density at radius 2 is 2.54 bits per heavy atom. The second-order valence-electron chi connectivity index (χ2n) is 3.85. The van der Waals surface area contributed by atoms with Gasteiger partial charge in [0.25, 0.3) is 0 Å². The fraction of sp³-hybridized carbons (Fsp3) is 0.600. The fourth-order valence-corrected chi connectivity index (χ4v) is 1.93. The first-order valence-corrected chi connectivity index (χ1v) is 4.92. The number of H-pyrrole nitrogens is 1. The van der Waals surface area contributed by atoms with Gasteiger partial charge >= 0.3 is 0 Å². The molecular formula is C10H17N3. The maximum atomic E-state index is 3.52. The van der Waals surface area contributed by atoms with Crippen LogP contribution < -0.4 is 5.32 Å². The number of likely N-dealkylation sites (tertiary alicyclic amines) is 1. The Labute approximate surface area is 79.1 Å². The van der Waals surface area contributed by atoms with E-state index in [2.05, 4.69) is 28.3 Å². The van der Waals surface area contributed by atoms with Gasteiger partial charge in [-0.2, -0.15) is 0 Å². The summed E-state index contributed by atoms with van der Waals surface area (Å²) < 4.78 is 0. The monoisotopic (exact) mass is 179 g/mol. The molecule has 1 aliphatic rings. The van der Waals surface area contributed by atoms with Crippen LogP contribution in [0.3, 0.4) is 0 Å². The second-order valence-corrected chi connectivity index (χ2v) is 3.85. The lowest BCUT2D eigenvalue weighted by Crippen LogP contribution is -2.39. The fourth-order valence-electron chi connectivity index (χ4n) is 1.93. The van der Waals surface area contributed by atoms with E-state index in [1.54, 1.807) is 0 Å². The van der Waals surface area contributed by atoms with E-state index in [1.165, 1.54) is 25.1 Å². The Kier molecular flexibility index (Phi) is 2.54. The number of hydrogen-bond donors (Lipinski definition) is 2. The van der Waals surface area contributed by atoms with Crippen molar-refractivity contribution in [2.45, 2.75) is 18.9 Å². The third-order valence-electron chi connectivity index (χ3n) is 2.59. The van der Waals surface area contributed by atoms with Gasteiger partial charge in [0.1, 0.15) is 0 Å². The van der Waals surface area contributed by atoms with Crippen LogP contribution in [0.1, 0.15) is 12.8 Å². The SMILES string of the molecule is CN1CCCC(Nc2cc[nH]c2)C1. The molecule has 1 aliphatic heterocycles. The molecule has 0 saturated carbocycles. The van der Waals surface area contributed by atoms with Crippen molar-refractivity contribution >= 4 is 5.69 Å². The molecule has 1 aromatic rings. The highest BCUT2D eigenvalue weighted by Crippen LogP contribution is 2.14. The summed E-state index contributed by atoms with van der Waals surface area (Å²) in [5.41, 5.74) is 1.21. The first kappa shape index (κ1) is 8.63. The Balaban J connectivity index is 1.87.